The summed E-state index contributed by atoms with van der Waals surface area (Å²) in [7, 11) is 3.49. The number of carbonyl (C=O) groups is 2. The van der Waals surface area contributed by atoms with Gasteiger partial charge in [-0.2, -0.15) is 0 Å². The SMILES string of the molecule is CN(C)C(=O)CCc1ccc(NC(=S)NC(=O)CCCOc2ccc(Cl)cc2Cl)cc1. The lowest BCUT2D eigenvalue weighted by atomic mass is 10.1. The summed E-state index contributed by atoms with van der Waals surface area (Å²) in [5.74, 6) is 0.410. The van der Waals surface area contributed by atoms with Crippen LogP contribution in [0.4, 0.5) is 5.69 Å². The molecule has 0 bridgehead atoms. The van der Waals surface area contributed by atoms with Crippen LogP contribution in [0.5, 0.6) is 5.75 Å². The van der Waals surface area contributed by atoms with Gasteiger partial charge in [-0.25, -0.2) is 0 Å². The van der Waals surface area contributed by atoms with Gasteiger partial charge in [0.25, 0.3) is 0 Å². The van der Waals surface area contributed by atoms with Gasteiger partial charge in [-0.1, -0.05) is 35.3 Å². The predicted molar refractivity (Wildman–Crippen MR) is 129 cm³/mol. The third kappa shape index (κ3) is 9.12. The first kappa shape index (κ1) is 24.9. The van der Waals surface area contributed by atoms with Gasteiger partial charge in [-0.05, 0) is 61.0 Å². The predicted octanol–water partition coefficient (Wildman–Crippen LogP) is 4.69. The minimum absolute atomic E-state index is 0.0905. The molecule has 2 amide bonds. The number of carbonyl (C=O) groups excluding carboxylic acids is 2. The summed E-state index contributed by atoms with van der Waals surface area (Å²) in [6.07, 6.45) is 1.89. The van der Waals surface area contributed by atoms with Gasteiger partial charge in [-0.15, -0.1) is 0 Å². The van der Waals surface area contributed by atoms with Crippen molar-refractivity contribution in [3.05, 3.63) is 58.1 Å². The van der Waals surface area contributed by atoms with Crippen LogP contribution in [-0.2, 0) is 16.0 Å². The molecule has 0 aliphatic carbocycles. The molecule has 0 atom stereocenters. The van der Waals surface area contributed by atoms with Crippen LogP contribution in [-0.4, -0.2) is 42.5 Å². The fourth-order valence-corrected chi connectivity index (χ4v) is 3.28. The monoisotopic (exact) mass is 481 g/mol. The highest BCUT2D eigenvalue weighted by atomic mass is 35.5. The van der Waals surface area contributed by atoms with Gasteiger partial charge < -0.3 is 20.3 Å². The largest absolute Gasteiger partial charge is 0.492 e. The molecule has 2 aromatic carbocycles. The van der Waals surface area contributed by atoms with Crippen molar-refractivity contribution in [3.63, 3.8) is 0 Å². The van der Waals surface area contributed by atoms with Gasteiger partial charge in [0, 0.05) is 37.6 Å². The first-order chi connectivity index (χ1) is 14.7. The van der Waals surface area contributed by atoms with Gasteiger partial charge >= 0.3 is 0 Å². The third-order valence-corrected chi connectivity index (χ3v) is 5.03. The van der Waals surface area contributed by atoms with E-state index in [1.54, 1.807) is 37.2 Å². The summed E-state index contributed by atoms with van der Waals surface area (Å²) < 4.78 is 5.56. The fraction of sp³-hybridized carbons (Fsp3) is 0.318. The highest BCUT2D eigenvalue weighted by molar-refractivity contribution is 7.80. The molecule has 9 heteroatoms. The van der Waals surface area contributed by atoms with Crippen molar-refractivity contribution in [2.24, 2.45) is 0 Å². The minimum Gasteiger partial charge on any atom is -0.492 e. The third-order valence-electron chi connectivity index (χ3n) is 4.29. The van der Waals surface area contributed by atoms with E-state index in [-0.39, 0.29) is 23.3 Å². The number of aryl methyl sites for hydroxylation is 1. The molecule has 0 aromatic heterocycles. The molecule has 0 saturated heterocycles. The summed E-state index contributed by atoms with van der Waals surface area (Å²) in [6.45, 7) is 0.340. The molecule has 2 N–H and O–H groups in total. The Bertz CT molecular complexity index is 921. The van der Waals surface area contributed by atoms with E-state index in [1.807, 2.05) is 24.3 Å². The van der Waals surface area contributed by atoms with E-state index in [0.29, 0.717) is 41.7 Å². The first-order valence-corrected chi connectivity index (χ1v) is 10.9. The van der Waals surface area contributed by atoms with Gasteiger partial charge in [0.1, 0.15) is 5.75 Å². The van der Waals surface area contributed by atoms with Crippen molar-refractivity contribution in [2.75, 3.05) is 26.0 Å². The average Bonchev–Trinajstić information content (AvgIpc) is 2.71. The van der Waals surface area contributed by atoms with Crippen LogP contribution in [0.15, 0.2) is 42.5 Å². The molecule has 0 saturated carbocycles. The quantitative estimate of drug-likeness (QED) is 0.401. The van der Waals surface area contributed by atoms with E-state index in [0.717, 1.165) is 11.3 Å². The molecule has 0 radical (unpaired) electrons. The standard InChI is InChI=1S/C22H25Cl2N3O3S/c1-27(2)21(29)12-7-15-5-9-17(10-6-15)25-22(31)26-20(28)4-3-13-30-19-11-8-16(23)14-18(19)24/h5-6,8-11,14H,3-4,7,12-13H2,1-2H3,(H2,25,26,28,31). The molecule has 0 unspecified atom stereocenters. The van der Waals surface area contributed by atoms with E-state index in [4.69, 9.17) is 40.2 Å². The Morgan fingerprint density at radius 1 is 1.06 bits per heavy atom. The Kier molecular flexibility index (Phi) is 10.0. The summed E-state index contributed by atoms with van der Waals surface area (Å²) in [6, 6.07) is 12.6. The number of amides is 2. The minimum atomic E-state index is -0.206. The molecule has 0 heterocycles. The fourth-order valence-electron chi connectivity index (χ4n) is 2.59. The maximum atomic E-state index is 12.1. The van der Waals surface area contributed by atoms with Crippen molar-refractivity contribution in [2.45, 2.75) is 25.7 Å². The maximum absolute atomic E-state index is 12.1. The molecule has 0 aliphatic rings. The van der Waals surface area contributed by atoms with Crippen molar-refractivity contribution >= 4 is 58.0 Å². The van der Waals surface area contributed by atoms with E-state index >= 15 is 0 Å². The Morgan fingerprint density at radius 2 is 1.77 bits per heavy atom. The van der Waals surface area contributed by atoms with E-state index in [2.05, 4.69) is 10.6 Å². The lowest BCUT2D eigenvalue weighted by molar-refractivity contribution is -0.128. The second-order valence-corrected chi connectivity index (χ2v) is 8.27. The number of benzene rings is 2. The number of hydrogen-bond donors (Lipinski definition) is 2. The van der Waals surface area contributed by atoms with Crippen LogP contribution in [0.2, 0.25) is 10.0 Å². The van der Waals surface area contributed by atoms with Crippen LogP contribution >= 0.6 is 35.4 Å². The molecule has 0 spiro atoms. The Labute approximate surface area is 197 Å². The number of thiocarbonyl (C=S) groups is 1. The number of halogens is 2. The first-order valence-electron chi connectivity index (χ1n) is 9.72. The van der Waals surface area contributed by atoms with Crippen LogP contribution in [0.25, 0.3) is 0 Å². The number of rotatable bonds is 9. The second-order valence-electron chi connectivity index (χ2n) is 7.01. The normalized spacial score (nSPS) is 10.3. The molecular formula is C22H25Cl2N3O3S. The molecule has 6 nitrogen and oxygen atoms in total. The molecule has 31 heavy (non-hydrogen) atoms. The van der Waals surface area contributed by atoms with E-state index < -0.39 is 0 Å². The van der Waals surface area contributed by atoms with Crippen LogP contribution < -0.4 is 15.4 Å². The van der Waals surface area contributed by atoms with Crippen LogP contribution in [0.1, 0.15) is 24.8 Å². The molecule has 166 valence electrons. The molecule has 2 rings (SSSR count). The highest BCUT2D eigenvalue weighted by Gasteiger charge is 2.08. The zero-order chi connectivity index (χ0) is 22.8. The van der Waals surface area contributed by atoms with Crippen molar-refractivity contribution in [1.29, 1.82) is 0 Å². The highest BCUT2D eigenvalue weighted by Crippen LogP contribution is 2.27. The number of hydrogen-bond acceptors (Lipinski definition) is 4. The summed E-state index contributed by atoms with van der Waals surface area (Å²) in [4.78, 5) is 25.3. The lowest BCUT2D eigenvalue weighted by Crippen LogP contribution is -2.34. The number of anilines is 1. The zero-order valence-corrected chi connectivity index (χ0v) is 19.7. The number of ether oxygens (including phenoxy) is 1. The Balaban J connectivity index is 1.68. The van der Waals surface area contributed by atoms with Gasteiger partial charge in [0.2, 0.25) is 11.8 Å². The van der Waals surface area contributed by atoms with Crippen molar-refractivity contribution in [3.8, 4) is 5.75 Å². The van der Waals surface area contributed by atoms with Gasteiger partial charge in [0.05, 0.1) is 11.6 Å². The summed E-state index contributed by atoms with van der Waals surface area (Å²) in [5.41, 5.74) is 1.81. The molecule has 0 aliphatic heterocycles. The summed E-state index contributed by atoms with van der Waals surface area (Å²) in [5, 5.41) is 6.81. The lowest BCUT2D eigenvalue weighted by Gasteiger charge is -2.12. The van der Waals surface area contributed by atoms with Crippen molar-refractivity contribution < 1.29 is 14.3 Å². The second kappa shape index (κ2) is 12.5. The molecule has 0 fully saturated rings. The van der Waals surface area contributed by atoms with Crippen LogP contribution in [0, 0.1) is 0 Å². The zero-order valence-electron chi connectivity index (χ0n) is 17.4. The topological polar surface area (TPSA) is 70.7 Å². The smallest absolute Gasteiger partial charge is 0.226 e. The van der Waals surface area contributed by atoms with Crippen LogP contribution in [0.3, 0.4) is 0 Å². The van der Waals surface area contributed by atoms with Crippen molar-refractivity contribution in [1.82, 2.24) is 10.2 Å². The Morgan fingerprint density at radius 3 is 2.42 bits per heavy atom. The molecule has 2 aromatic rings. The van der Waals surface area contributed by atoms with E-state index in [9.17, 15) is 9.59 Å². The Hall–Kier alpha value is -2.35. The number of nitrogens with one attached hydrogen (secondary N) is 2. The van der Waals surface area contributed by atoms with E-state index in [1.165, 1.54) is 0 Å². The van der Waals surface area contributed by atoms with Gasteiger partial charge in [-0.3, -0.25) is 9.59 Å². The molecular weight excluding hydrogens is 457 g/mol. The average molecular weight is 482 g/mol. The summed E-state index contributed by atoms with van der Waals surface area (Å²) >= 11 is 17.1. The maximum Gasteiger partial charge on any atom is 0.226 e. The number of nitrogens with zero attached hydrogens (tertiary/aromatic N) is 1. The van der Waals surface area contributed by atoms with Gasteiger partial charge in [0.15, 0.2) is 5.11 Å².